The van der Waals surface area contributed by atoms with Crippen LogP contribution in [0, 0.1) is 0 Å². The highest BCUT2D eigenvalue weighted by Crippen LogP contribution is 2.29. The third-order valence-corrected chi connectivity index (χ3v) is 4.80. The Morgan fingerprint density at radius 2 is 1.90 bits per heavy atom. The first-order valence-corrected chi connectivity index (χ1v) is 8.12. The van der Waals surface area contributed by atoms with Crippen LogP contribution >= 0.6 is 27.5 Å². The van der Waals surface area contributed by atoms with Gasteiger partial charge in [0.1, 0.15) is 0 Å². The second-order valence-electron chi connectivity index (χ2n) is 5.43. The van der Waals surface area contributed by atoms with E-state index in [4.69, 9.17) is 17.3 Å². The largest absolute Gasteiger partial charge is 0.324 e. The maximum absolute atomic E-state index is 6.32. The van der Waals surface area contributed by atoms with Crippen LogP contribution in [0.5, 0.6) is 0 Å². The number of benzene rings is 2. The summed E-state index contributed by atoms with van der Waals surface area (Å²) < 4.78 is 0.982. The van der Waals surface area contributed by atoms with Crippen LogP contribution in [0.3, 0.4) is 0 Å². The Labute approximate surface area is 133 Å². The van der Waals surface area contributed by atoms with E-state index in [0.29, 0.717) is 0 Å². The molecule has 0 bridgehead atoms. The van der Waals surface area contributed by atoms with Crippen molar-refractivity contribution in [1.29, 1.82) is 0 Å². The second kappa shape index (κ2) is 5.88. The van der Waals surface area contributed by atoms with Gasteiger partial charge in [-0.25, -0.2) is 0 Å². The molecule has 20 heavy (non-hydrogen) atoms. The fourth-order valence-corrected chi connectivity index (χ4v) is 3.73. The van der Waals surface area contributed by atoms with Gasteiger partial charge in [0.25, 0.3) is 0 Å². The van der Waals surface area contributed by atoms with Crippen molar-refractivity contribution in [3.8, 4) is 0 Å². The monoisotopic (exact) mass is 349 g/mol. The van der Waals surface area contributed by atoms with Crippen LogP contribution < -0.4 is 5.73 Å². The number of halogens is 2. The van der Waals surface area contributed by atoms with Crippen LogP contribution in [0.1, 0.15) is 34.7 Å². The molecule has 1 aliphatic rings. The third-order valence-electron chi connectivity index (χ3n) is 3.98. The number of nitrogens with two attached hydrogens (primary N) is 1. The summed E-state index contributed by atoms with van der Waals surface area (Å²) in [6, 6.07) is 12.6. The minimum Gasteiger partial charge on any atom is -0.324 e. The molecule has 2 aromatic rings. The Morgan fingerprint density at radius 1 is 1.10 bits per heavy atom. The zero-order valence-corrected chi connectivity index (χ0v) is 13.5. The van der Waals surface area contributed by atoms with E-state index in [0.717, 1.165) is 21.5 Å². The van der Waals surface area contributed by atoms with Gasteiger partial charge in [0.05, 0.1) is 0 Å². The molecule has 104 valence electrons. The van der Waals surface area contributed by atoms with Gasteiger partial charge in [-0.3, -0.25) is 0 Å². The maximum Gasteiger partial charge on any atom is 0.0465 e. The van der Waals surface area contributed by atoms with E-state index in [1.165, 1.54) is 36.0 Å². The lowest BCUT2D eigenvalue weighted by molar-refractivity contribution is 0.721. The lowest BCUT2D eigenvalue weighted by atomic mass is 9.97. The summed E-state index contributed by atoms with van der Waals surface area (Å²) in [5.41, 5.74) is 11.6. The van der Waals surface area contributed by atoms with Gasteiger partial charge in [0.15, 0.2) is 0 Å². The molecule has 2 N–H and O–H groups in total. The Morgan fingerprint density at radius 3 is 2.70 bits per heavy atom. The van der Waals surface area contributed by atoms with Crippen molar-refractivity contribution in [1.82, 2.24) is 0 Å². The van der Waals surface area contributed by atoms with E-state index in [2.05, 4.69) is 34.1 Å². The first kappa shape index (κ1) is 14.1. The minimum atomic E-state index is -0.0601. The molecule has 0 saturated carbocycles. The molecule has 1 atom stereocenters. The molecule has 0 saturated heterocycles. The molecule has 1 unspecified atom stereocenters. The molecule has 0 spiro atoms. The van der Waals surface area contributed by atoms with Gasteiger partial charge < -0.3 is 5.73 Å². The molecular formula is C17H17BrClN. The topological polar surface area (TPSA) is 26.0 Å². The number of rotatable bonds is 3. The first-order chi connectivity index (χ1) is 9.63. The third kappa shape index (κ3) is 2.93. The zero-order valence-electron chi connectivity index (χ0n) is 11.2. The predicted octanol–water partition coefficient (Wildman–Crippen LogP) is 4.83. The average molecular weight is 351 g/mol. The Balaban J connectivity index is 1.80. The van der Waals surface area contributed by atoms with Crippen LogP contribution in [0.2, 0.25) is 5.02 Å². The highest BCUT2D eigenvalue weighted by Gasteiger charge is 2.14. The summed E-state index contributed by atoms with van der Waals surface area (Å²) in [5, 5.41) is 0.730. The van der Waals surface area contributed by atoms with Crippen molar-refractivity contribution in [2.75, 3.05) is 0 Å². The summed E-state index contributed by atoms with van der Waals surface area (Å²) in [5.74, 6) is 0. The van der Waals surface area contributed by atoms with Gasteiger partial charge in [-0.15, -0.1) is 0 Å². The average Bonchev–Trinajstić information content (AvgIpc) is 2.85. The Kier molecular flexibility index (Phi) is 4.16. The van der Waals surface area contributed by atoms with Gasteiger partial charge >= 0.3 is 0 Å². The Bertz CT molecular complexity index is 639. The fraction of sp³-hybridized carbons (Fsp3) is 0.294. The van der Waals surface area contributed by atoms with Crippen LogP contribution in [0.15, 0.2) is 40.9 Å². The summed E-state index contributed by atoms with van der Waals surface area (Å²) in [6.45, 7) is 0. The smallest absolute Gasteiger partial charge is 0.0465 e. The van der Waals surface area contributed by atoms with Crippen LogP contribution in [0.4, 0.5) is 0 Å². The predicted molar refractivity (Wildman–Crippen MR) is 88.3 cm³/mol. The SMILES string of the molecule is NC(Cc1ccc2c(c1)CCC2)c1ccc(Br)cc1Cl. The van der Waals surface area contributed by atoms with E-state index in [1.807, 2.05) is 18.2 Å². The van der Waals surface area contributed by atoms with Gasteiger partial charge in [-0.2, -0.15) is 0 Å². The van der Waals surface area contributed by atoms with E-state index in [1.54, 1.807) is 0 Å². The van der Waals surface area contributed by atoms with E-state index >= 15 is 0 Å². The molecule has 0 aromatic heterocycles. The molecule has 0 aliphatic heterocycles. The highest BCUT2D eigenvalue weighted by atomic mass is 79.9. The fourth-order valence-electron chi connectivity index (χ4n) is 2.92. The summed E-state index contributed by atoms with van der Waals surface area (Å²) >= 11 is 9.70. The van der Waals surface area contributed by atoms with E-state index in [9.17, 15) is 0 Å². The summed E-state index contributed by atoms with van der Waals surface area (Å²) in [7, 11) is 0. The van der Waals surface area contributed by atoms with Gasteiger partial charge in [-0.05, 0) is 60.1 Å². The number of aryl methyl sites for hydroxylation is 2. The standard InChI is InChI=1S/C17H17BrClN/c18-14-6-7-15(16(19)10-14)17(20)9-11-4-5-12-2-1-3-13(12)8-11/h4-8,10,17H,1-3,9,20H2. The van der Waals surface area contributed by atoms with Gasteiger partial charge in [0, 0.05) is 15.5 Å². The lowest BCUT2D eigenvalue weighted by Crippen LogP contribution is -2.14. The van der Waals surface area contributed by atoms with Crippen LogP contribution in [-0.4, -0.2) is 0 Å². The van der Waals surface area contributed by atoms with Gasteiger partial charge in [-0.1, -0.05) is 51.8 Å². The normalized spacial score (nSPS) is 15.2. The molecule has 0 fully saturated rings. The minimum absolute atomic E-state index is 0.0601. The van der Waals surface area contributed by atoms with Crippen LogP contribution in [-0.2, 0) is 19.3 Å². The molecule has 3 rings (SSSR count). The van der Waals surface area contributed by atoms with E-state index in [-0.39, 0.29) is 6.04 Å². The van der Waals surface area contributed by atoms with Crippen molar-refractivity contribution in [3.63, 3.8) is 0 Å². The van der Waals surface area contributed by atoms with E-state index < -0.39 is 0 Å². The summed E-state index contributed by atoms with van der Waals surface area (Å²) in [4.78, 5) is 0. The van der Waals surface area contributed by atoms with Crippen LogP contribution in [0.25, 0.3) is 0 Å². The number of hydrogen-bond donors (Lipinski definition) is 1. The van der Waals surface area contributed by atoms with Crippen molar-refractivity contribution >= 4 is 27.5 Å². The molecule has 0 radical (unpaired) electrons. The molecular weight excluding hydrogens is 334 g/mol. The Hall–Kier alpha value is -0.830. The zero-order chi connectivity index (χ0) is 14.1. The first-order valence-electron chi connectivity index (χ1n) is 6.94. The quantitative estimate of drug-likeness (QED) is 0.842. The molecule has 1 aliphatic carbocycles. The molecule has 2 aromatic carbocycles. The number of fused-ring (bicyclic) bond motifs is 1. The lowest BCUT2D eigenvalue weighted by Gasteiger charge is -2.15. The maximum atomic E-state index is 6.32. The second-order valence-corrected chi connectivity index (χ2v) is 6.76. The number of hydrogen-bond acceptors (Lipinski definition) is 1. The molecule has 0 amide bonds. The highest BCUT2D eigenvalue weighted by molar-refractivity contribution is 9.10. The molecule has 0 heterocycles. The van der Waals surface area contributed by atoms with Crippen molar-refractivity contribution in [2.45, 2.75) is 31.7 Å². The van der Waals surface area contributed by atoms with Crippen molar-refractivity contribution in [3.05, 3.63) is 68.1 Å². The van der Waals surface area contributed by atoms with Gasteiger partial charge in [0.2, 0.25) is 0 Å². The summed E-state index contributed by atoms with van der Waals surface area (Å²) in [6.07, 6.45) is 4.54. The molecule has 3 heteroatoms. The van der Waals surface area contributed by atoms with Crippen molar-refractivity contribution < 1.29 is 0 Å². The van der Waals surface area contributed by atoms with Crippen molar-refractivity contribution in [2.24, 2.45) is 5.73 Å². The molecule has 1 nitrogen and oxygen atoms in total.